The van der Waals surface area contributed by atoms with E-state index in [0.717, 1.165) is 24.3 Å². The van der Waals surface area contributed by atoms with Crippen LogP contribution in [0.3, 0.4) is 0 Å². The van der Waals surface area contributed by atoms with Gasteiger partial charge >= 0.3 is 12.4 Å². The van der Waals surface area contributed by atoms with E-state index < -0.39 is 35.3 Å². The number of hydrogen-bond acceptors (Lipinski definition) is 6. The summed E-state index contributed by atoms with van der Waals surface area (Å²) in [6.45, 7) is 0. The van der Waals surface area contributed by atoms with E-state index in [2.05, 4.69) is 0 Å². The van der Waals surface area contributed by atoms with Crippen molar-refractivity contribution in [3.63, 3.8) is 0 Å². The second-order valence-corrected chi connectivity index (χ2v) is 10.1. The summed E-state index contributed by atoms with van der Waals surface area (Å²) in [4.78, 5) is 0. The Labute approximate surface area is 245 Å². The van der Waals surface area contributed by atoms with Gasteiger partial charge in [0.2, 0.25) is 11.8 Å². The van der Waals surface area contributed by atoms with E-state index in [0.29, 0.717) is 33.0 Å². The van der Waals surface area contributed by atoms with Gasteiger partial charge in [-0.05, 0) is 46.2 Å². The van der Waals surface area contributed by atoms with Crippen molar-refractivity contribution in [1.29, 1.82) is 10.5 Å². The molecule has 2 atom stereocenters. The quantitative estimate of drug-likeness (QED) is 0.232. The van der Waals surface area contributed by atoms with Gasteiger partial charge in [-0.1, -0.05) is 48.5 Å². The van der Waals surface area contributed by atoms with E-state index in [4.69, 9.17) is 20.9 Å². The lowest BCUT2D eigenvalue weighted by molar-refractivity contribution is -0.138. The van der Waals surface area contributed by atoms with Crippen LogP contribution in [0.2, 0.25) is 0 Å². The molecule has 6 nitrogen and oxygen atoms in total. The molecule has 12 heteroatoms. The molecule has 2 unspecified atom stereocenters. The Balaban J connectivity index is 1.65. The first-order valence-corrected chi connectivity index (χ1v) is 12.9. The summed E-state index contributed by atoms with van der Waals surface area (Å²) in [7, 11) is 0. The molecule has 44 heavy (non-hydrogen) atoms. The molecule has 6 rings (SSSR count). The molecule has 0 fully saturated rings. The zero-order chi connectivity index (χ0) is 31.6. The van der Waals surface area contributed by atoms with Gasteiger partial charge in [-0.3, -0.25) is 0 Å². The fourth-order valence-corrected chi connectivity index (χ4v) is 5.76. The summed E-state index contributed by atoms with van der Waals surface area (Å²) < 4.78 is 92.0. The molecule has 0 aliphatic carbocycles. The highest BCUT2D eigenvalue weighted by atomic mass is 19.4. The molecule has 4 aromatic carbocycles. The van der Waals surface area contributed by atoms with Gasteiger partial charge < -0.3 is 20.9 Å². The number of alkyl halides is 6. The van der Waals surface area contributed by atoms with Crippen molar-refractivity contribution < 1.29 is 35.8 Å². The summed E-state index contributed by atoms with van der Waals surface area (Å²) in [5.41, 5.74) is 11.8. The Morgan fingerprint density at radius 1 is 0.568 bits per heavy atom. The van der Waals surface area contributed by atoms with E-state index in [1.807, 2.05) is 12.1 Å². The summed E-state index contributed by atoms with van der Waals surface area (Å²) in [5, 5.41) is 21.1. The molecular formula is C32H18F6N4O2. The number of nitrogens with two attached hydrogens (primary N) is 2. The number of hydrogen-bond donors (Lipinski definition) is 2. The summed E-state index contributed by atoms with van der Waals surface area (Å²) in [6, 6.07) is 19.4. The number of allylic oxidation sites excluding steroid dienone is 2. The Bertz CT molecular complexity index is 1840. The number of nitriles is 2. The minimum absolute atomic E-state index is 0.0111. The minimum atomic E-state index is -4.59. The van der Waals surface area contributed by atoms with Gasteiger partial charge in [0.05, 0.1) is 23.0 Å². The smallest absolute Gasteiger partial charge is 0.416 e. The molecule has 0 radical (unpaired) electrons. The van der Waals surface area contributed by atoms with E-state index in [9.17, 15) is 36.9 Å². The lowest BCUT2D eigenvalue weighted by atomic mass is 9.75. The van der Waals surface area contributed by atoms with Gasteiger partial charge in [0, 0.05) is 11.1 Å². The molecule has 0 aromatic heterocycles. The van der Waals surface area contributed by atoms with Crippen LogP contribution >= 0.6 is 0 Å². The normalized spacial score (nSPS) is 18.1. The fourth-order valence-electron chi connectivity index (χ4n) is 5.76. The summed E-state index contributed by atoms with van der Waals surface area (Å²) in [5.74, 6) is -2.61. The van der Waals surface area contributed by atoms with Gasteiger partial charge in [-0.15, -0.1) is 0 Å². The van der Waals surface area contributed by atoms with Gasteiger partial charge in [0.15, 0.2) is 11.5 Å². The zero-order valence-corrected chi connectivity index (χ0v) is 22.2. The summed E-state index contributed by atoms with van der Waals surface area (Å²) >= 11 is 0. The molecule has 4 aromatic rings. The Hall–Kier alpha value is -5.62. The van der Waals surface area contributed by atoms with Gasteiger partial charge in [0.1, 0.15) is 23.3 Å². The third-order valence-corrected chi connectivity index (χ3v) is 7.70. The standard InChI is InChI=1S/C32H18F6N4O2/c33-31(34,35)17-9-5-15(6-10-17)23-21(13-39)29(41)43-27-25(23)19-3-1-2-4-20(19)26-24(22(14-40)30(42)44-28(26)27)16-7-11-18(12-8-16)32(36,37)38/h1-12,23-24H,41-42H2. The van der Waals surface area contributed by atoms with Crippen LogP contribution in [0.5, 0.6) is 11.5 Å². The maximum absolute atomic E-state index is 13.3. The number of benzene rings is 4. The molecule has 0 amide bonds. The second kappa shape index (κ2) is 9.99. The number of fused-ring (bicyclic) bond motifs is 6. The van der Waals surface area contributed by atoms with E-state index in [-0.39, 0.29) is 34.4 Å². The molecule has 2 aliphatic rings. The average molecular weight is 605 g/mol. The first kappa shape index (κ1) is 28.5. The van der Waals surface area contributed by atoms with Crippen molar-refractivity contribution in [2.24, 2.45) is 11.5 Å². The van der Waals surface area contributed by atoms with Crippen LogP contribution in [0, 0.1) is 22.7 Å². The van der Waals surface area contributed by atoms with Crippen LogP contribution in [-0.4, -0.2) is 0 Å². The van der Waals surface area contributed by atoms with Crippen molar-refractivity contribution in [3.8, 4) is 23.6 Å². The van der Waals surface area contributed by atoms with Crippen molar-refractivity contribution in [1.82, 2.24) is 0 Å². The van der Waals surface area contributed by atoms with E-state index in [1.54, 1.807) is 24.3 Å². The number of halogens is 6. The first-order valence-electron chi connectivity index (χ1n) is 12.9. The van der Waals surface area contributed by atoms with E-state index >= 15 is 0 Å². The van der Waals surface area contributed by atoms with Crippen LogP contribution < -0.4 is 20.9 Å². The monoisotopic (exact) mass is 604 g/mol. The number of rotatable bonds is 2. The highest BCUT2D eigenvalue weighted by Crippen LogP contribution is 2.57. The Morgan fingerprint density at radius 2 is 0.909 bits per heavy atom. The second-order valence-electron chi connectivity index (χ2n) is 10.1. The SMILES string of the molecule is N#CC1=C(N)Oc2c3c(c4ccccc4c2C1c1ccc(C(F)(F)F)cc1)C(c1ccc(C(F)(F)F)cc1)C(C#N)=C(N)O3. The zero-order valence-electron chi connectivity index (χ0n) is 22.2. The highest BCUT2D eigenvalue weighted by Gasteiger charge is 2.42. The van der Waals surface area contributed by atoms with Crippen molar-refractivity contribution >= 4 is 10.8 Å². The van der Waals surface area contributed by atoms with Crippen LogP contribution in [-0.2, 0) is 12.4 Å². The molecular weight excluding hydrogens is 586 g/mol. The predicted molar refractivity (Wildman–Crippen MR) is 145 cm³/mol. The third kappa shape index (κ3) is 4.43. The topological polar surface area (TPSA) is 118 Å². The van der Waals surface area contributed by atoms with Crippen molar-refractivity contribution in [2.75, 3.05) is 0 Å². The Kier molecular flexibility index (Phi) is 6.47. The molecule has 2 heterocycles. The molecule has 0 bridgehead atoms. The van der Waals surface area contributed by atoms with Crippen molar-refractivity contribution in [2.45, 2.75) is 24.2 Å². The maximum Gasteiger partial charge on any atom is 0.416 e. The van der Waals surface area contributed by atoms with Gasteiger partial charge in [0.25, 0.3) is 0 Å². The summed E-state index contributed by atoms with van der Waals surface area (Å²) in [6.07, 6.45) is -9.18. The average Bonchev–Trinajstić information content (AvgIpc) is 2.99. The number of ether oxygens (including phenoxy) is 2. The van der Waals surface area contributed by atoms with Gasteiger partial charge in [-0.25, -0.2) is 0 Å². The number of nitrogens with zero attached hydrogens (tertiary/aromatic N) is 2. The largest absolute Gasteiger partial charge is 0.436 e. The molecule has 0 saturated heterocycles. The van der Waals surface area contributed by atoms with Crippen molar-refractivity contribution in [3.05, 3.63) is 129 Å². The molecule has 2 aliphatic heterocycles. The molecule has 0 spiro atoms. The van der Waals surface area contributed by atoms with Crippen LogP contribution in [0.25, 0.3) is 10.8 Å². The third-order valence-electron chi connectivity index (χ3n) is 7.70. The molecule has 4 N–H and O–H groups in total. The molecule has 220 valence electrons. The molecule has 0 saturated carbocycles. The predicted octanol–water partition coefficient (Wildman–Crippen LogP) is 7.31. The first-order chi connectivity index (χ1) is 20.8. The Morgan fingerprint density at radius 3 is 1.20 bits per heavy atom. The minimum Gasteiger partial charge on any atom is -0.436 e. The van der Waals surface area contributed by atoms with E-state index in [1.165, 1.54) is 24.3 Å². The van der Waals surface area contributed by atoms with Crippen LogP contribution in [0.1, 0.15) is 45.2 Å². The van der Waals surface area contributed by atoms with Gasteiger partial charge in [-0.2, -0.15) is 36.9 Å². The highest BCUT2D eigenvalue weighted by molar-refractivity contribution is 5.97. The van der Waals surface area contributed by atoms with Crippen LogP contribution in [0.4, 0.5) is 26.3 Å². The fraction of sp³-hybridized carbons (Fsp3) is 0.125. The maximum atomic E-state index is 13.3. The van der Waals surface area contributed by atoms with Crippen LogP contribution in [0.15, 0.2) is 95.7 Å². The lowest BCUT2D eigenvalue weighted by Crippen LogP contribution is -2.26. The lowest BCUT2D eigenvalue weighted by Gasteiger charge is -2.34.